The van der Waals surface area contributed by atoms with E-state index in [4.69, 9.17) is 17.3 Å². The molecule has 1 aromatic carbocycles. The maximum absolute atomic E-state index is 11.6. The normalized spacial score (nSPS) is 12.2. The molecule has 5 heteroatoms. The fraction of sp³-hybridized carbons (Fsp3) is 0.417. The average molecular weight is 273 g/mol. The van der Waals surface area contributed by atoms with E-state index < -0.39 is 0 Å². The SMILES string of the molecule is CCC(N)CSCC(=O)Nc1ccccc1Cl. The van der Waals surface area contributed by atoms with Gasteiger partial charge in [0.25, 0.3) is 0 Å². The second-order valence-corrected chi connectivity index (χ2v) is 5.15. The van der Waals surface area contributed by atoms with Crippen LogP contribution in [0.15, 0.2) is 24.3 Å². The van der Waals surface area contributed by atoms with Gasteiger partial charge in [0.2, 0.25) is 5.91 Å². The zero-order chi connectivity index (χ0) is 12.7. The van der Waals surface area contributed by atoms with Crippen LogP contribution in [0.1, 0.15) is 13.3 Å². The molecule has 0 radical (unpaired) electrons. The van der Waals surface area contributed by atoms with Gasteiger partial charge in [-0.15, -0.1) is 0 Å². The van der Waals surface area contributed by atoms with Crippen molar-refractivity contribution < 1.29 is 4.79 Å². The lowest BCUT2D eigenvalue weighted by molar-refractivity contribution is -0.113. The molecule has 1 rings (SSSR count). The molecular formula is C12H17ClN2OS. The zero-order valence-corrected chi connectivity index (χ0v) is 11.4. The van der Waals surface area contributed by atoms with Crippen molar-refractivity contribution >= 4 is 35.0 Å². The smallest absolute Gasteiger partial charge is 0.234 e. The predicted molar refractivity (Wildman–Crippen MR) is 75.7 cm³/mol. The number of carbonyl (C=O) groups is 1. The molecule has 94 valence electrons. The lowest BCUT2D eigenvalue weighted by Gasteiger charge is -2.09. The fourth-order valence-electron chi connectivity index (χ4n) is 1.17. The first-order valence-corrected chi connectivity index (χ1v) is 7.04. The van der Waals surface area contributed by atoms with E-state index in [-0.39, 0.29) is 11.9 Å². The summed E-state index contributed by atoms with van der Waals surface area (Å²) in [6.45, 7) is 2.04. The van der Waals surface area contributed by atoms with E-state index in [9.17, 15) is 4.79 Å². The van der Waals surface area contributed by atoms with E-state index in [2.05, 4.69) is 5.32 Å². The van der Waals surface area contributed by atoms with Gasteiger partial charge in [0.05, 0.1) is 16.5 Å². The van der Waals surface area contributed by atoms with E-state index >= 15 is 0 Å². The number of hydrogen-bond acceptors (Lipinski definition) is 3. The number of nitrogens with two attached hydrogens (primary N) is 1. The molecular weight excluding hydrogens is 256 g/mol. The van der Waals surface area contributed by atoms with Gasteiger partial charge in [-0.25, -0.2) is 0 Å². The number of anilines is 1. The van der Waals surface area contributed by atoms with E-state index in [1.807, 2.05) is 19.1 Å². The molecule has 0 heterocycles. The topological polar surface area (TPSA) is 55.1 Å². The molecule has 0 saturated heterocycles. The molecule has 17 heavy (non-hydrogen) atoms. The van der Waals surface area contributed by atoms with Crippen LogP contribution < -0.4 is 11.1 Å². The van der Waals surface area contributed by atoms with Crippen molar-refractivity contribution in [3.8, 4) is 0 Å². The lowest BCUT2D eigenvalue weighted by atomic mass is 10.3. The Balaban J connectivity index is 2.33. The van der Waals surface area contributed by atoms with Gasteiger partial charge in [0.1, 0.15) is 0 Å². The summed E-state index contributed by atoms with van der Waals surface area (Å²) < 4.78 is 0. The van der Waals surface area contributed by atoms with Crippen molar-refractivity contribution in [2.24, 2.45) is 5.73 Å². The first-order chi connectivity index (χ1) is 8.13. The van der Waals surface area contributed by atoms with Crippen LogP contribution in [0.3, 0.4) is 0 Å². The van der Waals surface area contributed by atoms with Crippen molar-refractivity contribution in [1.82, 2.24) is 0 Å². The summed E-state index contributed by atoms with van der Waals surface area (Å²) in [5.41, 5.74) is 6.41. The van der Waals surface area contributed by atoms with E-state index in [1.54, 1.807) is 12.1 Å². The number of halogens is 1. The largest absolute Gasteiger partial charge is 0.327 e. The number of carbonyl (C=O) groups excluding carboxylic acids is 1. The van der Waals surface area contributed by atoms with Crippen LogP contribution in [0.5, 0.6) is 0 Å². The highest BCUT2D eigenvalue weighted by atomic mass is 35.5. The van der Waals surface area contributed by atoms with Gasteiger partial charge in [-0.05, 0) is 18.6 Å². The molecule has 0 aliphatic heterocycles. The van der Waals surface area contributed by atoms with Crippen LogP contribution >= 0.6 is 23.4 Å². The molecule has 0 fully saturated rings. The molecule has 1 amide bonds. The highest BCUT2D eigenvalue weighted by molar-refractivity contribution is 8.00. The van der Waals surface area contributed by atoms with Gasteiger partial charge in [-0.1, -0.05) is 30.7 Å². The summed E-state index contributed by atoms with van der Waals surface area (Å²) in [6.07, 6.45) is 0.930. The van der Waals surface area contributed by atoms with Crippen molar-refractivity contribution in [2.75, 3.05) is 16.8 Å². The molecule has 0 aliphatic rings. The molecule has 3 N–H and O–H groups in total. The first kappa shape index (κ1) is 14.4. The van der Waals surface area contributed by atoms with Gasteiger partial charge in [0, 0.05) is 11.8 Å². The Labute approximate surface area is 111 Å². The summed E-state index contributed by atoms with van der Waals surface area (Å²) in [7, 11) is 0. The quantitative estimate of drug-likeness (QED) is 0.837. The third-order valence-corrected chi connectivity index (χ3v) is 3.70. The summed E-state index contributed by atoms with van der Waals surface area (Å²) >= 11 is 7.47. The van der Waals surface area contributed by atoms with Gasteiger partial charge < -0.3 is 11.1 Å². The highest BCUT2D eigenvalue weighted by Gasteiger charge is 2.06. The van der Waals surface area contributed by atoms with Crippen LogP contribution in [0, 0.1) is 0 Å². The molecule has 0 bridgehead atoms. The maximum Gasteiger partial charge on any atom is 0.234 e. The van der Waals surface area contributed by atoms with E-state index in [0.29, 0.717) is 16.5 Å². The van der Waals surface area contributed by atoms with Crippen LogP contribution in [0.4, 0.5) is 5.69 Å². The summed E-state index contributed by atoms with van der Waals surface area (Å²) in [6, 6.07) is 7.35. The van der Waals surface area contributed by atoms with Crippen molar-refractivity contribution in [1.29, 1.82) is 0 Å². The lowest BCUT2D eigenvalue weighted by Crippen LogP contribution is -2.23. The summed E-state index contributed by atoms with van der Waals surface area (Å²) in [4.78, 5) is 11.6. The number of rotatable bonds is 6. The van der Waals surface area contributed by atoms with Gasteiger partial charge in [0.15, 0.2) is 0 Å². The number of para-hydroxylation sites is 1. The van der Waals surface area contributed by atoms with E-state index in [0.717, 1.165) is 12.2 Å². The Morgan fingerprint density at radius 2 is 2.24 bits per heavy atom. The first-order valence-electron chi connectivity index (χ1n) is 5.51. The Kier molecular flexibility index (Phi) is 6.40. The van der Waals surface area contributed by atoms with Crippen LogP contribution in [0.25, 0.3) is 0 Å². The van der Waals surface area contributed by atoms with Crippen molar-refractivity contribution in [3.05, 3.63) is 29.3 Å². The van der Waals surface area contributed by atoms with Crippen molar-refractivity contribution in [2.45, 2.75) is 19.4 Å². The monoisotopic (exact) mass is 272 g/mol. The third-order valence-electron chi connectivity index (χ3n) is 2.24. The standard InChI is InChI=1S/C12H17ClN2OS/c1-2-9(14)7-17-8-12(16)15-11-6-4-3-5-10(11)13/h3-6,9H,2,7-8,14H2,1H3,(H,15,16). The zero-order valence-electron chi connectivity index (χ0n) is 9.78. The molecule has 1 atom stereocenters. The number of amides is 1. The molecule has 0 spiro atoms. The molecule has 0 saturated carbocycles. The van der Waals surface area contributed by atoms with Crippen molar-refractivity contribution in [3.63, 3.8) is 0 Å². The maximum atomic E-state index is 11.6. The van der Waals surface area contributed by atoms with Crippen LogP contribution in [0.2, 0.25) is 5.02 Å². The molecule has 3 nitrogen and oxygen atoms in total. The Morgan fingerprint density at radius 1 is 1.53 bits per heavy atom. The van der Waals surface area contributed by atoms with Gasteiger partial charge in [-0.2, -0.15) is 11.8 Å². The number of thioether (sulfide) groups is 1. The molecule has 1 unspecified atom stereocenters. The number of benzene rings is 1. The Hall–Kier alpha value is -0.710. The van der Waals surface area contributed by atoms with Gasteiger partial charge >= 0.3 is 0 Å². The number of nitrogens with one attached hydrogen (secondary N) is 1. The minimum atomic E-state index is -0.0496. The Bertz CT molecular complexity index is 373. The highest BCUT2D eigenvalue weighted by Crippen LogP contribution is 2.20. The number of hydrogen-bond donors (Lipinski definition) is 2. The molecule has 0 aliphatic carbocycles. The Morgan fingerprint density at radius 3 is 2.88 bits per heavy atom. The minimum Gasteiger partial charge on any atom is -0.327 e. The second kappa shape index (κ2) is 7.58. The molecule has 1 aromatic rings. The average Bonchev–Trinajstić information content (AvgIpc) is 2.32. The predicted octanol–water partition coefficient (Wildman–Crippen LogP) is 2.75. The molecule has 0 aromatic heterocycles. The summed E-state index contributed by atoms with van der Waals surface area (Å²) in [5.74, 6) is 1.15. The van der Waals surface area contributed by atoms with E-state index in [1.165, 1.54) is 11.8 Å². The fourth-order valence-corrected chi connectivity index (χ4v) is 2.27. The van der Waals surface area contributed by atoms with Gasteiger partial charge in [-0.3, -0.25) is 4.79 Å². The minimum absolute atomic E-state index is 0.0496. The third kappa shape index (κ3) is 5.44. The second-order valence-electron chi connectivity index (χ2n) is 3.71. The van der Waals surface area contributed by atoms with Crippen LogP contribution in [-0.2, 0) is 4.79 Å². The summed E-state index contributed by atoms with van der Waals surface area (Å²) in [5, 5.41) is 3.32. The van der Waals surface area contributed by atoms with Crippen LogP contribution in [-0.4, -0.2) is 23.5 Å².